The molecule has 2 aromatic carbocycles. The van der Waals surface area contributed by atoms with Gasteiger partial charge >= 0.3 is 0 Å². The van der Waals surface area contributed by atoms with Crippen molar-refractivity contribution < 1.29 is 8.42 Å². The van der Waals surface area contributed by atoms with Gasteiger partial charge in [0.05, 0.1) is 15.4 Å². The van der Waals surface area contributed by atoms with Crippen LogP contribution in [0, 0.1) is 0 Å². The fourth-order valence-corrected chi connectivity index (χ4v) is 4.02. The molecule has 3 rings (SSSR count). The van der Waals surface area contributed by atoms with Crippen molar-refractivity contribution >= 4 is 38.6 Å². The first kappa shape index (κ1) is 13.9. The van der Waals surface area contributed by atoms with E-state index in [2.05, 4.69) is 6.58 Å². The minimum Gasteiger partial charge on any atom is -0.240 e. The average molecular weight is 318 g/mol. The second-order valence-corrected chi connectivity index (χ2v) is 6.73. The van der Waals surface area contributed by atoms with Crippen LogP contribution < -0.4 is 0 Å². The van der Waals surface area contributed by atoms with E-state index in [-0.39, 0.29) is 4.90 Å². The molecule has 0 aliphatic heterocycles. The van der Waals surface area contributed by atoms with Crippen LogP contribution in [0.2, 0.25) is 5.02 Å². The molecule has 0 unspecified atom stereocenters. The van der Waals surface area contributed by atoms with Crippen molar-refractivity contribution in [3.05, 3.63) is 71.9 Å². The molecule has 3 nitrogen and oxygen atoms in total. The standard InChI is InChI=1S/C16H12ClNO2S/c1-2-12-8-9-13-10-11-18(16(13)15(12)17)21(19,20)14-6-4-3-5-7-14/h2-11H,1H2. The number of nitrogens with zero attached hydrogens (tertiary/aromatic N) is 1. The molecule has 0 spiro atoms. The summed E-state index contributed by atoms with van der Waals surface area (Å²) in [6.07, 6.45) is 3.12. The molecule has 0 fully saturated rings. The molecule has 0 N–H and O–H groups in total. The summed E-state index contributed by atoms with van der Waals surface area (Å²) in [5.74, 6) is 0. The van der Waals surface area contributed by atoms with Gasteiger partial charge < -0.3 is 0 Å². The summed E-state index contributed by atoms with van der Waals surface area (Å²) in [6, 6.07) is 13.7. The number of benzene rings is 2. The molecule has 5 heteroatoms. The van der Waals surface area contributed by atoms with Gasteiger partial charge in [0.2, 0.25) is 0 Å². The summed E-state index contributed by atoms with van der Waals surface area (Å²) in [7, 11) is -3.67. The van der Waals surface area contributed by atoms with E-state index in [1.807, 2.05) is 12.1 Å². The van der Waals surface area contributed by atoms with Gasteiger partial charge in [0, 0.05) is 11.6 Å². The van der Waals surface area contributed by atoms with E-state index in [9.17, 15) is 8.42 Å². The average Bonchev–Trinajstić information content (AvgIpc) is 2.94. The van der Waals surface area contributed by atoms with Crippen LogP contribution in [0.25, 0.3) is 17.0 Å². The Balaban J connectivity index is 2.34. The first-order valence-electron chi connectivity index (χ1n) is 6.28. The minimum absolute atomic E-state index is 0.225. The van der Waals surface area contributed by atoms with Crippen LogP contribution >= 0.6 is 11.6 Å². The lowest BCUT2D eigenvalue weighted by atomic mass is 10.1. The molecular weight excluding hydrogens is 306 g/mol. The Morgan fingerprint density at radius 1 is 1.05 bits per heavy atom. The predicted octanol–water partition coefficient (Wildman–Crippen LogP) is 4.17. The first-order valence-corrected chi connectivity index (χ1v) is 8.10. The molecule has 0 bridgehead atoms. The van der Waals surface area contributed by atoms with E-state index in [1.165, 1.54) is 10.2 Å². The van der Waals surface area contributed by atoms with Crippen LogP contribution in [-0.4, -0.2) is 12.4 Å². The molecule has 0 radical (unpaired) electrons. The van der Waals surface area contributed by atoms with Crippen LogP contribution in [-0.2, 0) is 10.0 Å². The van der Waals surface area contributed by atoms with Crippen molar-refractivity contribution in [2.45, 2.75) is 4.90 Å². The Morgan fingerprint density at radius 2 is 1.76 bits per heavy atom. The molecule has 21 heavy (non-hydrogen) atoms. The molecule has 3 aromatic rings. The van der Waals surface area contributed by atoms with E-state index in [1.54, 1.807) is 42.5 Å². The van der Waals surface area contributed by atoms with Gasteiger partial charge in [-0.25, -0.2) is 12.4 Å². The SMILES string of the molecule is C=Cc1ccc2ccn(S(=O)(=O)c3ccccc3)c2c1Cl. The van der Waals surface area contributed by atoms with E-state index >= 15 is 0 Å². The molecule has 0 amide bonds. The summed E-state index contributed by atoms with van der Waals surface area (Å²) < 4.78 is 26.7. The molecule has 0 atom stereocenters. The zero-order valence-corrected chi connectivity index (χ0v) is 12.6. The van der Waals surface area contributed by atoms with Gasteiger partial charge in [-0.2, -0.15) is 0 Å². The lowest BCUT2D eigenvalue weighted by molar-refractivity contribution is 0.589. The van der Waals surface area contributed by atoms with Crippen LogP contribution in [0.3, 0.4) is 0 Å². The summed E-state index contributed by atoms with van der Waals surface area (Å²) in [5, 5.41) is 1.15. The van der Waals surface area contributed by atoms with Crippen molar-refractivity contribution in [1.29, 1.82) is 0 Å². The molecular formula is C16H12ClNO2S. The normalized spacial score (nSPS) is 11.7. The van der Waals surface area contributed by atoms with Gasteiger partial charge in [0.1, 0.15) is 0 Å². The topological polar surface area (TPSA) is 39.1 Å². The fraction of sp³-hybridized carbons (Fsp3) is 0. The fourth-order valence-electron chi connectivity index (χ4n) is 2.24. The van der Waals surface area contributed by atoms with Crippen LogP contribution in [0.4, 0.5) is 0 Å². The highest BCUT2D eigenvalue weighted by Gasteiger charge is 2.20. The van der Waals surface area contributed by atoms with Gasteiger partial charge in [0.15, 0.2) is 0 Å². The van der Waals surface area contributed by atoms with Crippen LogP contribution in [0.15, 0.2) is 66.2 Å². The lowest BCUT2D eigenvalue weighted by Gasteiger charge is -2.09. The Morgan fingerprint density at radius 3 is 2.43 bits per heavy atom. The third-order valence-corrected chi connectivity index (χ3v) is 5.39. The molecule has 1 aromatic heterocycles. The Labute approximate surface area is 128 Å². The molecule has 0 aliphatic carbocycles. The van der Waals surface area contributed by atoms with Gasteiger partial charge in [-0.3, -0.25) is 0 Å². The third-order valence-electron chi connectivity index (χ3n) is 3.31. The quantitative estimate of drug-likeness (QED) is 0.727. The lowest BCUT2D eigenvalue weighted by Crippen LogP contribution is -2.11. The Kier molecular flexibility index (Phi) is 3.35. The highest BCUT2D eigenvalue weighted by atomic mass is 35.5. The van der Waals surface area contributed by atoms with Crippen molar-refractivity contribution in [2.75, 3.05) is 0 Å². The molecule has 106 valence electrons. The highest BCUT2D eigenvalue weighted by Crippen LogP contribution is 2.31. The first-order chi connectivity index (χ1) is 10.1. The number of hydrogen-bond acceptors (Lipinski definition) is 2. The Hall–Kier alpha value is -2.04. The summed E-state index contributed by atoms with van der Waals surface area (Å²) in [4.78, 5) is 0.225. The maximum atomic E-state index is 12.7. The maximum Gasteiger partial charge on any atom is 0.268 e. The number of rotatable bonds is 3. The monoisotopic (exact) mass is 317 g/mol. The maximum absolute atomic E-state index is 12.7. The van der Waals surface area contributed by atoms with Gasteiger partial charge in [-0.1, -0.05) is 54.6 Å². The largest absolute Gasteiger partial charge is 0.268 e. The number of hydrogen-bond donors (Lipinski definition) is 0. The zero-order chi connectivity index (χ0) is 15.0. The summed E-state index contributed by atoms with van der Waals surface area (Å²) in [6.45, 7) is 3.69. The number of fused-ring (bicyclic) bond motifs is 1. The van der Waals surface area contributed by atoms with Crippen LogP contribution in [0.5, 0.6) is 0 Å². The summed E-state index contributed by atoms with van der Waals surface area (Å²) in [5.41, 5.74) is 1.17. The predicted molar refractivity (Wildman–Crippen MR) is 86.1 cm³/mol. The van der Waals surface area contributed by atoms with E-state index in [0.29, 0.717) is 16.1 Å². The van der Waals surface area contributed by atoms with Gasteiger partial charge in [-0.15, -0.1) is 0 Å². The van der Waals surface area contributed by atoms with E-state index in [4.69, 9.17) is 11.6 Å². The van der Waals surface area contributed by atoms with Crippen molar-refractivity contribution in [3.63, 3.8) is 0 Å². The van der Waals surface area contributed by atoms with Gasteiger partial charge in [-0.05, 0) is 23.8 Å². The van der Waals surface area contributed by atoms with E-state index in [0.717, 1.165) is 5.39 Å². The van der Waals surface area contributed by atoms with Crippen molar-refractivity contribution in [3.8, 4) is 0 Å². The molecule has 1 heterocycles. The molecule has 0 saturated heterocycles. The second kappa shape index (κ2) is 5.06. The van der Waals surface area contributed by atoms with Crippen LogP contribution in [0.1, 0.15) is 5.56 Å². The zero-order valence-electron chi connectivity index (χ0n) is 11.0. The van der Waals surface area contributed by atoms with E-state index < -0.39 is 10.0 Å². The number of aromatic nitrogens is 1. The van der Waals surface area contributed by atoms with Crippen molar-refractivity contribution in [2.24, 2.45) is 0 Å². The van der Waals surface area contributed by atoms with Gasteiger partial charge in [0.25, 0.3) is 10.0 Å². The number of halogens is 1. The molecule has 0 saturated carbocycles. The molecule has 0 aliphatic rings. The minimum atomic E-state index is -3.67. The third kappa shape index (κ3) is 2.17. The summed E-state index contributed by atoms with van der Waals surface area (Å²) >= 11 is 6.33. The second-order valence-electron chi connectivity index (χ2n) is 4.54. The van der Waals surface area contributed by atoms with Crippen molar-refractivity contribution in [1.82, 2.24) is 3.97 Å². The Bertz CT molecular complexity index is 928. The highest BCUT2D eigenvalue weighted by molar-refractivity contribution is 7.90. The smallest absolute Gasteiger partial charge is 0.240 e.